The van der Waals surface area contributed by atoms with E-state index in [1.54, 1.807) is 6.20 Å². The van der Waals surface area contributed by atoms with E-state index in [1.165, 1.54) is 0 Å². The van der Waals surface area contributed by atoms with Gasteiger partial charge in [0.1, 0.15) is 5.78 Å². The molecule has 1 atom stereocenters. The van der Waals surface area contributed by atoms with Gasteiger partial charge >= 0.3 is 0 Å². The van der Waals surface area contributed by atoms with E-state index in [0.29, 0.717) is 25.2 Å². The molecule has 1 saturated heterocycles. The van der Waals surface area contributed by atoms with Gasteiger partial charge in [-0.25, -0.2) is 9.97 Å². The van der Waals surface area contributed by atoms with Crippen LogP contribution in [-0.2, 0) is 17.6 Å². The predicted molar refractivity (Wildman–Crippen MR) is 133 cm³/mol. The van der Waals surface area contributed by atoms with Crippen molar-refractivity contribution in [2.75, 3.05) is 23.3 Å². The van der Waals surface area contributed by atoms with Crippen LogP contribution in [0.3, 0.4) is 0 Å². The number of piperidine rings is 1. The summed E-state index contributed by atoms with van der Waals surface area (Å²) in [4.78, 5) is 23.5. The molecule has 172 valence electrons. The molecular formula is C27H27N5O2. The monoisotopic (exact) mass is 453 g/mol. The molecule has 4 aromatic rings. The first-order chi connectivity index (χ1) is 16.4. The van der Waals surface area contributed by atoms with E-state index in [2.05, 4.69) is 33.4 Å². The molecule has 2 N–H and O–H groups in total. The standard InChI is InChI=1S/C27H27N5O2/c1-27(34)9-2-11-32(17-27)22-7-5-21(6-8-22)29-25-26-28-10-12-31(26)16-24(30-25)19-4-3-18-14-23(33)15-20(18)13-19/h3-8,10,12-13,16,34H,2,9,11,14-15,17H2,1H3,(H,29,30)/t27-/m1/s1. The molecule has 2 aliphatic rings. The van der Waals surface area contributed by atoms with Crippen LogP contribution in [0.25, 0.3) is 16.9 Å². The van der Waals surface area contributed by atoms with Crippen molar-refractivity contribution in [3.63, 3.8) is 0 Å². The van der Waals surface area contributed by atoms with Crippen molar-refractivity contribution in [3.8, 4) is 11.3 Å². The maximum Gasteiger partial charge on any atom is 0.180 e. The van der Waals surface area contributed by atoms with Crippen LogP contribution >= 0.6 is 0 Å². The van der Waals surface area contributed by atoms with E-state index in [9.17, 15) is 9.90 Å². The number of ketones is 1. The maximum absolute atomic E-state index is 11.8. The fraction of sp³-hybridized carbons (Fsp3) is 0.296. The highest BCUT2D eigenvalue weighted by atomic mass is 16.3. The molecule has 0 saturated carbocycles. The summed E-state index contributed by atoms with van der Waals surface area (Å²) in [5, 5.41) is 13.9. The smallest absolute Gasteiger partial charge is 0.180 e. The number of imidazole rings is 1. The number of aliphatic hydroxyl groups is 1. The molecule has 0 spiro atoms. The Bertz CT molecular complexity index is 1390. The van der Waals surface area contributed by atoms with Crippen molar-refractivity contribution < 1.29 is 9.90 Å². The highest BCUT2D eigenvalue weighted by molar-refractivity contribution is 5.88. The number of nitrogens with one attached hydrogen (secondary N) is 1. The van der Waals surface area contributed by atoms with Gasteiger partial charge in [0.2, 0.25) is 0 Å². The van der Waals surface area contributed by atoms with Gasteiger partial charge < -0.3 is 19.7 Å². The van der Waals surface area contributed by atoms with E-state index in [1.807, 2.05) is 48.0 Å². The topological polar surface area (TPSA) is 82.8 Å². The lowest BCUT2D eigenvalue weighted by Gasteiger charge is -2.38. The zero-order chi connectivity index (χ0) is 23.3. The Morgan fingerprint density at radius 1 is 1.09 bits per heavy atom. The van der Waals surface area contributed by atoms with Crippen LogP contribution in [0, 0.1) is 0 Å². The Kier molecular flexibility index (Phi) is 4.88. The van der Waals surface area contributed by atoms with E-state index >= 15 is 0 Å². The molecular weight excluding hydrogens is 426 g/mol. The Labute approximate surface area is 198 Å². The summed E-state index contributed by atoms with van der Waals surface area (Å²) in [6.07, 6.45) is 8.50. The fourth-order valence-corrected chi connectivity index (χ4v) is 5.10. The van der Waals surface area contributed by atoms with Crippen LogP contribution in [0.4, 0.5) is 17.2 Å². The van der Waals surface area contributed by atoms with Crippen LogP contribution in [0.1, 0.15) is 30.9 Å². The first kappa shape index (κ1) is 20.9. The van der Waals surface area contributed by atoms with Gasteiger partial charge in [0.05, 0.1) is 11.3 Å². The molecule has 0 amide bonds. The van der Waals surface area contributed by atoms with Crippen molar-refractivity contribution in [3.05, 3.63) is 72.2 Å². The molecule has 3 heterocycles. The summed E-state index contributed by atoms with van der Waals surface area (Å²) in [6, 6.07) is 14.4. The third-order valence-corrected chi connectivity index (χ3v) is 6.82. The number of anilines is 3. The normalized spacial score (nSPS) is 20.1. The number of nitrogens with zero attached hydrogens (tertiary/aromatic N) is 4. The van der Waals surface area contributed by atoms with Gasteiger partial charge in [0, 0.05) is 61.5 Å². The molecule has 0 unspecified atom stereocenters. The Morgan fingerprint density at radius 2 is 1.91 bits per heavy atom. The van der Waals surface area contributed by atoms with Gasteiger partial charge in [-0.05, 0) is 61.2 Å². The summed E-state index contributed by atoms with van der Waals surface area (Å²) >= 11 is 0. The number of fused-ring (bicyclic) bond motifs is 2. The third kappa shape index (κ3) is 3.92. The van der Waals surface area contributed by atoms with Gasteiger partial charge in [-0.1, -0.05) is 12.1 Å². The molecule has 1 fully saturated rings. The van der Waals surface area contributed by atoms with Crippen LogP contribution in [0.5, 0.6) is 0 Å². The predicted octanol–water partition coefficient (Wildman–Crippen LogP) is 4.16. The average Bonchev–Trinajstić information content (AvgIpc) is 3.44. The molecule has 6 rings (SSSR count). The van der Waals surface area contributed by atoms with Crippen molar-refractivity contribution in [1.82, 2.24) is 14.4 Å². The lowest BCUT2D eigenvalue weighted by atomic mass is 9.95. The van der Waals surface area contributed by atoms with Crippen LogP contribution in [0.2, 0.25) is 0 Å². The fourth-order valence-electron chi connectivity index (χ4n) is 5.10. The minimum absolute atomic E-state index is 0.268. The van der Waals surface area contributed by atoms with Crippen molar-refractivity contribution in [2.45, 2.75) is 38.2 Å². The zero-order valence-corrected chi connectivity index (χ0v) is 19.2. The molecule has 34 heavy (non-hydrogen) atoms. The molecule has 1 aliphatic heterocycles. The molecule has 0 radical (unpaired) electrons. The first-order valence-electron chi connectivity index (χ1n) is 11.8. The van der Waals surface area contributed by atoms with Gasteiger partial charge in [-0.15, -0.1) is 0 Å². The highest BCUT2D eigenvalue weighted by Gasteiger charge is 2.28. The first-order valence-corrected chi connectivity index (χ1v) is 11.8. The summed E-state index contributed by atoms with van der Waals surface area (Å²) < 4.78 is 1.97. The number of benzene rings is 2. The summed E-state index contributed by atoms with van der Waals surface area (Å²) in [7, 11) is 0. The van der Waals surface area contributed by atoms with Gasteiger partial charge in [0.15, 0.2) is 11.5 Å². The number of β-amino-alcohol motifs (C(OH)–C–C–N with tert-alkyl or cyclic N) is 1. The largest absolute Gasteiger partial charge is 0.388 e. The minimum atomic E-state index is -0.642. The number of aromatic nitrogens is 3. The Hall–Kier alpha value is -3.71. The number of hydrogen-bond acceptors (Lipinski definition) is 6. The summed E-state index contributed by atoms with van der Waals surface area (Å²) in [5.41, 5.74) is 6.14. The van der Waals surface area contributed by atoms with E-state index in [0.717, 1.165) is 58.8 Å². The van der Waals surface area contributed by atoms with Crippen LogP contribution in [-0.4, -0.2) is 43.9 Å². The lowest BCUT2D eigenvalue weighted by Crippen LogP contribution is -2.46. The van der Waals surface area contributed by atoms with Crippen molar-refractivity contribution in [1.29, 1.82) is 0 Å². The van der Waals surface area contributed by atoms with Crippen LogP contribution < -0.4 is 10.2 Å². The summed E-state index contributed by atoms with van der Waals surface area (Å²) in [6.45, 7) is 3.50. The number of rotatable bonds is 4. The third-order valence-electron chi connectivity index (χ3n) is 6.82. The Balaban J connectivity index is 1.29. The summed E-state index contributed by atoms with van der Waals surface area (Å²) in [5.74, 6) is 0.942. The number of hydrogen-bond donors (Lipinski definition) is 2. The number of carbonyl (C=O) groups is 1. The van der Waals surface area contributed by atoms with Gasteiger partial charge in [-0.2, -0.15) is 0 Å². The lowest BCUT2D eigenvalue weighted by molar-refractivity contribution is -0.117. The number of Topliss-reactive ketones (excluding diaryl/α,β-unsaturated/α-hetero) is 1. The number of carbonyl (C=O) groups excluding carboxylic acids is 1. The molecule has 0 bridgehead atoms. The second-order valence-corrected chi connectivity index (χ2v) is 9.70. The molecule has 2 aromatic heterocycles. The minimum Gasteiger partial charge on any atom is -0.388 e. The van der Waals surface area contributed by atoms with Crippen molar-refractivity contribution in [2.24, 2.45) is 0 Å². The average molecular weight is 454 g/mol. The van der Waals surface area contributed by atoms with Crippen LogP contribution in [0.15, 0.2) is 61.1 Å². The molecule has 7 heteroatoms. The van der Waals surface area contributed by atoms with E-state index in [4.69, 9.17) is 4.98 Å². The second kappa shape index (κ2) is 7.95. The maximum atomic E-state index is 11.8. The zero-order valence-electron chi connectivity index (χ0n) is 19.2. The highest BCUT2D eigenvalue weighted by Crippen LogP contribution is 2.30. The van der Waals surface area contributed by atoms with Crippen molar-refractivity contribution >= 4 is 28.6 Å². The Morgan fingerprint density at radius 3 is 2.74 bits per heavy atom. The molecule has 1 aliphatic carbocycles. The molecule has 7 nitrogen and oxygen atoms in total. The quantitative estimate of drug-likeness (QED) is 0.483. The van der Waals surface area contributed by atoms with Gasteiger partial charge in [0.25, 0.3) is 0 Å². The van der Waals surface area contributed by atoms with E-state index < -0.39 is 5.60 Å². The van der Waals surface area contributed by atoms with Gasteiger partial charge in [-0.3, -0.25) is 4.79 Å². The van der Waals surface area contributed by atoms with E-state index in [-0.39, 0.29) is 5.78 Å². The molecule has 2 aromatic carbocycles. The second-order valence-electron chi connectivity index (χ2n) is 9.70. The SMILES string of the molecule is C[C@@]1(O)CCCN(c2ccc(Nc3nc(-c4ccc5c(c4)CC(=O)C5)cn4ccnc34)cc2)C1.